The highest BCUT2D eigenvalue weighted by molar-refractivity contribution is 7.80. The van der Waals surface area contributed by atoms with Crippen LogP contribution in [0, 0.1) is 24.2 Å². The molecular weight excluding hydrogens is 491 g/mol. The van der Waals surface area contributed by atoms with Crippen molar-refractivity contribution in [2.24, 2.45) is 0 Å². The van der Waals surface area contributed by atoms with Gasteiger partial charge in [0.2, 0.25) is 0 Å². The Kier molecular flexibility index (Phi) is 13.8. The molecule has 0 radical (unpaired) electrons. The van der Waals surface area contributed by atoms with Gasteiger partial charge in [0.25, 0.3) is 0 Å². The average Bonchev–Trinajstić information content (AvgIpc) is 3.36. The highest BCUT2D eigenvalue weighted by Crippen LogP contribution is 2.36. The largest absolute Gasteiger partial charge is 0.341 e. The van der Waals surface area contributed by atoms with Gasteiger partial charge in [-0.3, -0.25) is 0 Å². The van der Waals surface area contributed by atoms with Crippen LogP contribution in [0.1, 0.15) is 44.4 Å². The van der Waals surface area contributed by atoms with Crippen LogP contribution in [-0.4, -0.2) is 30.1 Å². The molecule has 0 amide bonds. The number of hydrazine groups is 1. The topological polar surface area (TPSA) is 42.3 Å². The molecule has 33 heavy (non-hydrogen) atoms. The van der Waals surface area contributed by atoms with Crippen LogP contribution < -0.4 is 10.3 Å². The van der Waals surface area contributed by atoms with Crippen LogP contribution in [0.25, 0.3) is 5.70 Å². The zero-order valence-electron chi connectivity index (χ0n) is 19.3. The molecule has 0 aliphatic carbocycles. The van der Waals surface area contributed by atoms with Gasteiger partial charge in [-0.05, 0) is 42.5 Å². The predicted octanol–water partition coefficient (Wildman–Crippen LogP) is 7.41. The summed E-state index contributed by atoms with van der Waals surface area (Å²) in [5.41, 5.74) is 5.48. The molecule has 1 aliphatic heterocycles. The van der Waals surface area contributed by atoms with Gasteiger partial charge in [-0.15, -0.1) is 24.2 Å². The van der Waals surface area contributed by atoms with Gasteiger partial charge >= 0.3 is 0 Å². The summed E-state index contributed by atoms with van der Waals surface area (Å²) >= 11 is 19.6. The van der Waals surface area contributed by atoms with E-state index in [9.17, 15) is 5.26 Å². The van der Waals surface area contributed by atoms with E-state index in [4.69, 9.17) is 35.4 Å². The number of halogens is 2. The van der Waals surface area contributed by atoms with Gasteiger partial charge in [0.1, 0.15) is 0 Å². The number of hydrogen-bond acceptors (Lipinski definition) is 5. The Balaban J connectivity index is 0.00000129. The highest BCUT2D eigenvalue weighted by atomic mass is 35.5. The van der Waals surface area contributed by atoms with Crippen LogP contribution in [-0.2, 0) is 0 Å². The number of nitrogens with one attached hydrogen (secondary N) is 1. The summed E-state index contributed by atoms with van der Waals surface area (Å²) < 4.78 is 0. The molecule has 2 aromatic rings. The van der Waals surface area contributed by atoms with Crippen LogP contribution in [0.4, 0.5) is 5.69 Å². The van der Waals surface area contributed by atoms with Crippen molar-refractivity contribution in [1.82, 2.24) is 10.4 Å². The monoisotopic (exact) mass is 520 g/mol. The van der Waals surface area contributed by atoms with Crippen LogP contribution in [0.15, 0.2) is 41.3 Å². The van der Waals surface area contributed by atoms with E-state index in [-0.39, 0.29) is 0 Å². The number of nitrogens with zero attached hydrogens (tertiary/aromatic N) is 3. The lowest BCUT2D eigenvalue weighted by Gasteiger charge is -2.29. The molecule has 1 N–H and O–H groups in total. The average molecular weight is 522 g/mol. The maximum absolute atomic E-state index is 9.97. The molecule has 0 saturated carbocycles. The molecule has 1 aromatic heterocycles. The normalized spacial score (nSPS) is 13.8. The Morgan fingerprint density at radius 3 is 2.42 bits per heavy atom. The van der Waals surface area contributed by atoms with Crippen molar-refractivity contribution in [3.05, 3.63) is 56.2 Å². The summed E-state index contributed by atoms with van der Waals surface area (Å²) in [4.78, 5) is 3.57. The van der Waals surface area contributed by atoms with E-state index in [1.807, 2.05) is 49.4 Å². The van der Waals surface area contributed by atoms with Crippen molar-refractivity contribution in [3.8, 4) is 18.9 Å². The zero-order valence-corrected chi connectivity index (χ0v) is 22.4. The third-order valence-electron chi connectivity index (χ3n) is 4.76. The summed E-state index contributed by atoms with van der Waals surface area (Å²) in [7, 11) is 1.91. The zero-order chi connectivity index (χ0) is 24.8. The number of thiocarbonyl (C=S) groups is 1. The van der Waals surface area contributed by atoms with Gasteiger partial charge in [0.15, 0.2) is 0 Å². The summed E-state index contributed by atoms with van der Waals surface area (Å²) in [5.74, 6) is 0. The van der Waals surface area contributed by atoms with Crippen LogP contribution >= 0.6 is 46.8 Å². The third kappa shape index (κ3) is 8.66. The van der Waals surface area contributed by atoms with E-state index in [1.165, 1.54) is 6.42 Å². The fourth-order valence-corrected chi connectivity index (χ4v) is 5.00. The minimum absolute atomic E-state index is 0.366. The Hall–Kier alpha value is -2.06. The summed E-state index contributed by atoms with van der Waals surface area (Å²) in [6, 6.07) is 11.7. The molecule has 0 bridgehead atoms. The lowest BCUT2D eigenvalue weighted by Crippen LogP contribution is -2.44. The van der Waals surface area contributed by atoms with E-state index >= 15 is 0 Å². The van der Waals surface area contributed by atoms with Crippen molar-refractivity contribution >= 4 is 63.1 Å². The molecule has 0 unspecified atom stereocenters. The van der Waals surface area contributed by atoms with E-state index in [0.29, 0.717) is 27.0 Å². The molecule has 4 nitrogen and oxygen atoms in total. The number of terminal acetylenes is 1. The van der Waals surface area contributed by atoms with Crippen molar-refractivity contribution in [2.45, 2.75) is 39.5 Å². The van der Waals surface area contributed by atoms with Crippen molar-refractivity contribution < 1.29 is 0 Å². The van der Waals surface area contributed by atoms with Crippen LogP contribution in [0.5, 0.6) is 0 Å². The predicted molar refractivity (Wildman–Crippen MR) is 149 cm³/mol. The van der Waals surface area contributed by atoms with Crippen molar-refractivity contribution in [3.63, 3.8) is 0 Å². The molecular formula is C25H30Cl2N4S2. The van der Waals surface area contributed by atoms with Crippen molar-refractivity contribution in [1.29, 1.82) is 5.26 Å². The van der Waals surface area contributed by atoms with Gasteiger partial charge in [0.05, 0.1) is 37.9 Å². The van der Waals surface area contributed by atoms with E-state index < -0.39 is 0 Å². The van der Waals surface area contributed by atoms with Crippen molar-refractivity contribution in [2.75, 3.05) is 25.0 Å². The van der Waals surface area contributed by atoms with E-state index in [1.54, 1.807) is 23.5 Å². The number of piperidine rings is 1. The SMILES string of the molecule is C#C.CC.CN(/C(=C(/C#N)CC(=S)NN1CCCCC1)c1cccs1)c1ccc(Cl)cc1Cl. The number of benzene rings is 1. The molecule has 0 atom stereocenters. The molecule has 1 aliphatic rings. The first-order valence-corrected chi connectivity index (χ1v) is 12.8. The molecule has 0 spiro atoms. The smallest absolute Gasteiger partial charge is 0.0974 e. The lowest BCUT2D eigenvalue weighted by molar-refractivity contribution is 0.195. The molecule has 3 rings (SSSR count). The number of rotatable bonds is 6. The van der Waals surface area contributed by atoms with Crippen LogP contribution in [0.2, 0.25) is 10.0 Å². The molecule has 1 fully saturated rings. The minimum atomic E-state index is 0.366. The Morgan fingerprint density at radius 2 is 1.88 bits per heavy atom. The quantitative estimate of drug-likeness (QED) is 0.244. The fraction of sp³-hybridized carbons (Fsp3) is 0.360. The second-order valence-electron chi connectivity index (χ2n) is 6.83. The molecule has 1 aromatic carbocycles. The van der Waals surface area contributed by atoms with Gasteiger partial charge < -0.3 is 10.3 Å². The number of thiophene rings is 1. The van der Waals surface area contributed by atoms with Gasteiger partial charge in [-0.2, -0.15) is 5.26 Å². The fourth-order valence-electron chi connectivity index (χ4n) is 3.36. The Bertz CT molecular complexity index is 972. The van der Waals surface area contributed by atoms with Gasteiger partial charge in [-0.1, -0.05) is 61.8 Å². The number of hydrogen-bond donors (Lipinski definition) is 1. The molecule has 8 heteroatoms. The number of nitriles is 1. The Morgan fingerprint density at radius 1 is 1.21 bits per heavy atom. The van der Waals surface area contributed by atoms with E-state index in [2.05, 4.69) is 29.4 Å². The van der Waals surface area contributed by atoms with E-state index in [0.717, 1.165) is 42.2 Å². The summed E-state index contributed by atoms with van der Waals surface area (Å²) in [6.07, 6.45) is 11.9. The second-order valence-corrected chi connectivity index (χ2v) is 9.11. The van der Waals surface area contributed by atoms with Gasteiger partial charge in [0, 0.05) is 31.6 Å². The third-order valence-corrected chi connectivity index (χ3v) is 6.41. The standard InChI is InChI=1S/C21H22Cl2N4S2.C2H6.C2H2/c1-26(18-8-7-16(22)13-17(18)23)21(19-6-5-11-29-19)15(14-24)12-20(28)25-27-9-3-2-4-10-27;2*1-2/h5-8,11,13H,2-4,9-10,12H2,1H3,(H,25,28);1-2H3;1-2H/b21-15+;;. The first-order valence-electron chi connectivity index (χ1n) is 10.7. The highest BCUT2D eigenvalue weighted by Gasteiger charge is 2.20. The number of anilines is 1. The maximum atomic E-state index is 9.97. The minimum Gasteiger partial charge on any atom is -0.341 e. The lowest BCUT2D eigenvalue weighted by atomic mass is 10.1. The van der Waals surface area contributed by atoms with Crippen LogP contribution in [0.3, 0.4) is 0 Å². The molecule has 176 valence electrons. The maximum Gasteiger partial charge on any atom is 0.0974 e. The first-order chi connectivity index (χ1) is 16.0. The summed E-state index contributed by atoms with van der Waals surface area (Å²) in [5, 5.41) is 15.2. The summed E-state index contributed by atoms with van der Waals surface area (Å²) in [6.45, 7) is 5.95. The second kappa shape index (κ2) is 15.7. The Labute approximate surface area is 217 Å². The van der Waals surface area contributed by atoms with Gasteiger partial charge in [-0.25, -0.2) is 5.01 Å². The first kappa shape index (κ1) is 29.0. The molecule has 2 heterocycles. The molecule has 1 saturated heterocycles.